The molecule has 0 radical (unpaired) electrons. The van der Waals surface area contributed by atoms with Gasteiger partial charge < -0.3 is 9.47 Å². The zero-order chi connectivity index (χ0) is 11.8. The second kappa shape index (κ2) is 7.45. The summed E-state index contributed by atoms with van der Waals surface area (Å²) in [6, 6.07) is 0. The molecule has 0 unspecified atom stereocenters. The third kappa shape index (κ3) is 9.46. The molecule has 0 heterocycles. The van der Waals surface area contributed by atoms with Gasteiger partial charge in [0.25, 0.3) is 5.17 Å². The van der Waals surface area contributed by atoms with Crippen molar-refractivity contribution in [2.45, 2.75) is 27.7 Å². The van der Waals surface area contributed by atoms with Crippen LogP contribution < -0.4 is 5.32 Å². The van der Waals surface area contributed by atoms with Gasteiger partial charge >= 0.3 is 6.09 Å². The smallest absolute Gasteiger partial charge is 0.414 e. The Balaban J connectivity index is 3.63. The molecule has 0 spiro atoms. The van der Waals surface area contributed by atoms with E-state index in [-0.39, 0.29) is 5.17 Å². The van der Waals surface area contributed by atoms with Crippen molar-refractivity contribution < 1.29 is 14.3 Å². The van der Waals surface area contributed by atoms with Gasteiger partial charge in [-0.15, -0.1) is 0 Å². The lowest BCUT2D eigenvalue weighted by Gasteiger charge is -2.11. The van der Waals surface area contributed by atoms with Crippen LogP contribution in [0.15, 0.2) is 0 Å². The van der Waals surface area contributed by atoms with Gasteiger partial charge in [-0.05, 0) is 24.1 Å². The first-order chi connectivity index (χ1) is 6.91. The average molecular weight is 233 g/mol. The molecule has 1 N–H and O–H groups in total. The molecule has 0 saturated heterocycles. The molecule has 4 nitrogen and oxygen atoms in total. The van der Waals surface area contributed by atoms with Gasteiger partial charge in [0.2, 0.25) is 0 Å². The van der Waals surface area contributed by atoms with Crippen LogP contribution in [0.4, 0.5) is 4.79 Å². The maximum Gasteiger partial charge on any atom is 0.414 e. The maximum absolute atomic E-state index is 11.1. The highest BCUT2D eigenvalue weighted by Gasteiger charge is 2.07. The Bertz CT molecular complexity index is 195. The van der Waals surface area contributed by atoms with Crippen LogP contribution in [-0.4, -0.2) is 24.5 Å². The summed E-state index contributed by atoms with van der Waals surface area (Å²) in [7, 11) is 0. The zero-order valence-electron chi connectivity index (χ0n) is 9.70. The highest BCUT2D eigenvalue weighted by Crippen LogP contribution is 1.95. The lowest BCUT2D eigenvalue weighted by Crippen LogP contribution is -2.32. The second-order valence-corrected chi connectivity index (χ2v) is 4.48. The largest absolute Gasteiger partial charge is 0.470 e. The molecule has 0 bridgehead atoms. The highest BCUT2D eigenvalue weighted by atomic mass is 32.1. The van der Waals surface area contributed by atoms with E-state index in [1.54, 1.807) is 0 Å². The number of nitrogens with one attached hydrogen (secondary N) is 1. The number of alkyl carbamates (subject to hydrolysis) is 1. The molecule has 0 fully saturated rings. The fourth-order valence-electron chi connectivity index (χ4n) is 0.640. The summed E-state index contributed by atoms with van der Waals surface area (Å²) < 4.78 is 9.96. The first-order valence-electron chi connectivity index (χ1n) is 5.02. The Morgan fingerprint density at radius 3 is 2.07 bits per heavy atom. The Kier molecular flexibility index (Phi) is 7.03. The van der Waals surface area contributed by atoms with E-state index in [0.717, 1.165) is 0 Å². The van der Waals surface area contributed by atoms with Crippen molar-refractivity contribution >= 4 is 23.5 Å². The predicted molar refractivity (Wildman–Crippen MR) is 62.7 cm³/mol. The van der Waals surface area contributed by atoms with E-state index in [4.69, 9.17) is 21.7 Å². The second-order valence-electron chi connectivity index (χ2n) is 4.11. The quantitative estimate of drug-likeness (QED) is 0.757. The number of ether oxygens (including phenoxy) is 2. The molecular formula is C10H19NO3S. The van der Waals surface area contributed by atoms with Crippen LogP contribution in [0.25, 0.3) is 0 Å². The minimum absolute atomic E-state index is 0.0671. The van der Waals surface area contributed by atoms with E-state index < -0.39 is 6.09 Å². The van der Waals surface area contributed by atoms with Crippen molar-refractivity contribution in [2.24, 2.45) is 11.8 Å². The number of hydrogen-bond acceptors (Lipinski definition) is 4. The van der Waals surface area contributed by atoms with Gasteiger partial charge in [-0.2, -0.15) is 0 Å². The third-order valence-electron chi connectivity index (χ3n) is 1.30. The van der Waals surface area contributed by atoms with Gasteiger partial charge in [-0.25, -0.2) is 4.79 Å². The number of rotatable bonds is 4. The van der Waals surface area contributed by atoms with Gasteiger partial charge in [0.15, 0.2) is 0 Å². The predicted octanol–water partition coefficient (Wildman–Crippen LogP) is 2.33. The Morgan fingerprint density at radius 1 is 1.13 bits per heavy atom. The number of carbonyl (C=O) groups excluding carboxylic acids is 1. The molecular weight excluding hydrogens is 214 g/mol. The number of amides is 1. The van der Waals surface area contributed by atoms with Gasteiger partial charge in [-0.1, -0.05) is 27.7 Å². The van der Waals surface area contributed by atoms with Crippen molar-refractivity contribution in [1.82, 2.24) is 5.32 Å². The van der Waals surface area contributed by atoms with Crippen LogP contribution in [0.1, 0.15) is 27.7 Å². The van der Waals surface area contributed by atoms with Crippen molar-refractivity contribution in [1.29, 1.82) is 0 Å². The van der Waals surface area contributed by atoms with Crippen molar-refractivity contribution in [3.63, 3.8) is 0 Å². The van der Waals surface area contributed by atoms with Gasteiger partial charge in [0.1, 0.15) is 0 Å². The molecule has 0 aliphatic heterocycles. The summed E-state index contributed by atoms with van der Waals surface area (Å²) in [6.45, 7) is 8.78. The van der Waals surface area contributed by atoms with E-state index in [1.165, 1.54) is 0 Å². The van der Waals surface area contributed by atoms with Crippen molar-refractivity contribution in [2.75, 3.05) is 13.2 Å². The highest BCUT2D eigenvalue weighted by molar-refractivity contribution is 7.80. The van der Waals surface area contributed by atoms with Crippen LogP contribution >= 0.6 is 12.2 Å². The van der Waals surface area contributed by atoms with E-state index in [0.29, 0.717) is 25.0 Å². The Morgan fingerprint density at radius 2 is 1.60 bits per heavy atom. The standard InChI is InChI=1S/C10H19NO3S/c1-7(2)5-13-9(12)11-10(15)14-6-8(3)4/h7-8H,5-6H2,1-4H3,(H,11,12,15). The molecule has 0 aliphatic carbocycles. The molecule has 0 atom stereocenters. The van der Waals surface area contributed by atoms with Crippen LogP contribution in [0, 0.1) is 11.8 Å². The summed E-state index contributed by atoms with van der Waals surface area (Å²) >= 11 is 4.79. The molecule has 1 amide bonds. The molecule has 15 heavy (non-hydrogen) atoms. The lowest BCUT2D eigenvalue weighted by molar-refractivity contribution is 0.135. The van der Waals surface area contributed by atoms with Crippen molar-refractivity contribution in [3.05, 3.63) is 0 Å². The summed E-state index contributed by atoms with van der Waals surface area (Å²) in [5.41, 5.74) is 0. The molecule has 0 aromatic carbocycles. The summed E-state index contributed by atoms with van der Waals surface area (Å²) in [6.07, 6.45) is -0.558. The van der Waals surface area contributed by atoms with Gasteiger partial charge in [-0.3, -0.25) is 5.32 Å². The number of hydrogen-bond donors (Lipinski definition) is 1. The molecule has 0 aliphatic rings. The fraction of sp³-hybridized carbons (Fsp3) is 0.800. The van der Waals surface area contributed by atoms with E-state index in [1.807, 2.05) is 27.7 Å². The third-order valence-corrected chi connectivity index (χ3v) is 1.52. The summed E-state index contributed by atoms with van der Waals surface area (Å²) in [4.78, 5) is 11.1. The SMILES string of the molecule is CC(C)COC(=O)NC(=S)OCC(C)C. The normalized spacial score (nSPS) is 10.3. The topological polar surface area (TPSA) is 47.6 Å². The number of thiocarbonyl (C=S) groups is 1. The maximum atomic E-state index is 11.1. The Hall–Kier alpha value is -0.840. The zero-order valence-corrected chi connectivity index (χ0v) is 10.5. The van der Waals surface area contributed by atoms with E-state index >= 15 is 0 Å². The fourth-order valence-corrected chi connectivity index (χ4v) is 0.792. The molecule has 0 aromatic heterocycles. The molecule has 0 aromatic rings. The van der Waals surface area contributed by atoms with E-state index in [2.05, 4.69) is 5.32 Å². The Labute approximate surface area is 96.3 Å². The van der Waals surface area contributed by atoms with Gasteiger partial charge in [0, 0.05) is 0 Å². The number of carbonyl (C=O) groups is 1. The monoisotopic (exact) mass is 233 g/mol. The van der Waals surface area contributed by atoms with Gasteiger partial charge in [0.05, 0.1) is 13.2 Å². The molecule has 0 saturated carbocycles. The van der Waals surface area contributed by atoms with Crippen LogP contribution in [0.2, 0.25) is 0 Å². The lowest BCUT2D eigenvalue weighted by atomic mass is 10.2. The van der Waals surface area contributed by atoms with Crippen LogP contribution in [0.5, 0.6) is 0 Å². The molecule has 5 heteroatoms. The minimum Gasteiger partial charge on any atom is -0.470 e. The first-order valence-corrected chi connectivity index (χ1v) is 5.43. The molecule has 88 valence electrons. The van der Waals surface area contributed by atoms with Crippen molar-refractivity contribution in [3.8, 4) is 0 Å². The van der Waals surface area contributed by atoms with E-state index in [9.17, 15) is 4.79 Å². The van der Waals surface area contributed by atoms with Crippen LogP contribution in [-0.2, 0) is 9.47 Å². The molecule has 0 rings (SSSR count). The summed E-state index contributed by atoms with van der Waals surface area (Å²) in [5, 5.41) is 2.41. The summed E-state index contributed by atoms with van der Waals surface area (Å²) in [5.74, 6) is 0.678. The average Bonchev–Trinajstić information content (AvgIpc) is 2.11. The minimum atomic E-state index is -0.558. The van der Waals surface area contributed by atoms with Crippen LogP contribution in [0.3, 0.4) is 0 Å². The first kappa shape index (κ1) is 14.2.